The predicted molar refractivity (Wildman–Crippen MR) is 110 cm³/mol. The zero-order valence-corrected chi connectivity index (χ0v) is 16.7. The molecule has 0 bridgehead atoms. The molecule has 0 fully saturated rings. The molecule has 0 unspecified atom stereocenters. The molecule has 0 saturated carbocycles. The summed E-state index contributed by atoms with van der Waals surface area (Å²) < 4.78 is 4.73. The number of fused-ring (bicyclic) bond motifs is 2. The summed E-state index contributed by atoms with van der Waals surface area (Å²) in [5, 5.41) is 0. The van der Waals surface area contributed by atoms with Crippen LogP contribution in [-0.4, -0.2) is 9.97 Å². The Bertz CT molecular complexity index is 921. The maximum atomic E-state index is 4.72. The molecule has 0 N–H and O–H groups in total. The molecule has 0 amide bonds. The predicted octanol–water partition coefficient (Wildman–Crippen LogP) is 6.83. The van der Waals surface area contributed by atoms with Crippen molar-refractivity contribution in [2.24, 2.45) is 0 Å². The molecule has 24 heavy (non-hydrogen) atoms. The summed E-state index contributed by atoms with van der Waals surface area (Å²) in [5.74, 6) is 0. The van der Waals surface area contributed by atoms with E-state index in [2.05, 4.69) is 50.2 Å². The van der Waals surface area contributed by atoms with Crippen molar-refractivity contribution < 1.29 is 0 Å². The molecule has 2 aromatic carbocycles. The van der Waals surface area contributed by atoms with Crippen molar-refractivity contribution in [1.29, 1.82) is 0 Å². The third kappa shape index (κ3) is 3.33. The first-order chi connectivity index (χ1) is 11.7. The van der Waals surface area contributed by atoms with E-state index in [9.17, 15) is 0 Å². The van der Waals surface area contributed by atoms with Crippen LogP contribution in [0.2, 0.25) is 0 Å². The lowest BCUT2D eigenvalue weighted by Gasteiger charge is -1.93. The molecule has 2 nitrogen and oxygen atoms in total. The van der Waals surface area contributed by atoms with Gasteiger partial charge in [-0.25, -0.2) is 9.97 Å². The van der Waals surface area contributed by atoms with Crippen molar-refractivity contribution in [2.45, 2.75) is 35.4 Å². The monoisotopic (exact) mass is 388 g/mol. The Hall–Kier alpha value is -1.08. The number of nitrogens with zero attached hydrogens (tertiary/aromatic N) is 2. The van der Waals surface area contributed by atoms with Gasteiger partial charge >= 0.3 is 0 Å². The topological polar surface area (TPSA) is 25.8 Å². The highest BCUT2D eigenvalue weighted by molar-refractivity contribution is 8.77. The van der Waals surface area contributed by atoms with E-state index in [1.165, 1.54) is 20.5 Å². The molecule has 0 aliphatic carbocycles. The Morgan fingerprint density at radius 2 is 1.21 bits per heavy atom. The summed E-state index contributed by atoms with van der Waals surface area (Å²) >= 11 is 3.53. The van der Waals surface area contributed by atoms with Gasteiger partial charge in [-0.15, -0.1) is 22.7 Å². The first-order valence-electron chi connectivity index (χ1n) is 7.88. The Kier molecular flexibility index (Phi) is 4.81. The fourth-order valence-electron chi connectivity index (χ4n) is 2.48. The van der Waals surface area contributed by atoms with Gasteiger partial charge in [-0.05, 0) is 69.8 Å². The second kappa shape index (κ2) is 7.04. The van der Waals surface area contributed by atoms with Crippen molar-refractivity contribution in [2.75, 3.05) is 0 Å². The van der Waals surface area contributed by atoms with Crippen molar-refractivity contribution in [3.63, 3.8) is 0 Å². The number of rotatable bonds is 5. The van der Waals surface area contributed by atoms with Crippen molar-refractivity contribution in [3.05, 3.63) is 47.5 Å². The fourth-order valence-corrected chi connectivity index (χ4v) is 7.10. The molecule has 122 valence electrons. The smallest absolute Gasteiger partial charge is 0.162 e. The highest BCUT2D eigenvalue weighted by Gasteiger charge is 2.09. The van der Waals surface area contributed by atoms with Gasteiger partial charge in [-0.3, -0.25) is 0 Å². The van der Waals surface area contributed by atoms with E-state index in [4.69, 9.17) is 9.97 Å². The van der Waals surface area contributed by atoms with Gasteiger partial charge in [0.05, 0.1) is 20.4 Å². The average Bonchev–Trinajstić information content (AvgIpc) is 3.21. The summed E-state index contributed by atoms with van der Waals surface area (Å²) in [4.78, 5) is 9.44. The van der Waals surface area contributed by atoms with E-state index < -0.39 is 0 Å². The van der Waals surface area contributed by atoms with E-state index in [1.54, 1.807) is 44.3 Å². The number of aromatic nitrogens is 2. The second-order valence-electron chi connectivity index (χ2n) is 5.44. The van der Waals surface area contributed by atoms with Gasteiger partial charge in [0.15, 0.2) is 8.68 Å². The van der Waals surface area contributed by atoms with Crippen LogP contribution < -0.4 is 0 Å². The van der Waals surface area contributed by atoms with Gasteiger partial charge in [0.25, 0.3) is 0 Å². The lowest BCUT2D eigenvalue weighted by molar-refractivity contribution is 1.15. The molecule has 0 saturated heterocycles. The summed E-state index contributed by atoms with van der Waals surface area (Å²) in [6, 6.07) is 13.1. The Morgan fingerprint density at radius 3 is 1.62 bits per heavy atom. The third-order valence-corrected chi connectivity index (χ3v) is 8.87. The van der Waals surface area contributed by atoms with E-state index >= 15 is 0 Å². The van der Waals surface area contributed by atoms with Gasteiger partial charge in [-0.2, -0.15) is 0 Å². The molecular weight excluding hydrogens is 372 g/mol. The minimum atomic E-state index is 1.07. The Morgan fingerprint density at radius 1 is 0.750 bits per heavy atom. The quantitative estimate of drug-likeness (QED) is 0.350. The highest BCUT2D eigenvalue weighted by atomic mass is 33.1. The Balaban J connectivity index is 1.53. The zero-order chi connectivity index (χ0) is 16.5. The lowest BCUT2D eigenvalue weighted by atomic mass is 10.2. The third-order valence-electron chi connectivity index (χ3n) is 3.87. The maximum Gasteiger partial charge on any atom is 0.162 e. The van der Waals surface area contributed by atoms with Crippen LogP contribution in [0.1, 0.15) is 25.0 Å². The van der Waals surface area contributed by atoms with Gasteiger partial charge < -0.3 is 0 Å². The van der Waals surface area contributed by atoms with Crippen LogP contribution in [0.25, 0.3) is 20.4 Å². The average molecular weight is 389 g/mol. The molecule has 2 aromatic heterocycles. The van der Waals surface area contributed by atoms with Gasteiger partial charge in [0.2, 0.25) is 0 Å². The maximum absolute atomic E-state index is 4.72. The van der Waals surface area contributed by atoms with Crippen molar-refractivity contribution >= 4 is 64.7 Å². The first kappa shape index (κ1) is 16.4. The molecule has 0 spiro atoms. The summed E-state index contributed by atoms with van der Waals surface area (Å²) in [7, 11) is 3.42. The molecule has 0 atom stereocenters. The standard InChI is InChI=1S/C18H16N2S4/c1-3-11-5-7-13-15(9-11)21-17(19-13)23-24-18-20-14-8-6-12(4-2)10-16(14)22-18/h5-10H,3-4H2,1-2H3. The molecule has 2 heterocycles. The number of thiazole rings is 2. The van der Waals surface area contributed by atoms with Gasteiger partial charge in [-0.1, -0.05) is 26.0 Å². The molecule has 4 aromatic rings. The lowest BCUT2D eigenvalue weighted by Crippen LogP contribution is -1.77. The largest absolute Gasteiger partial charge is 0.229 e. The van der Waals surface area contributed by atoms with Gasteiger partial charge in [0.1, 0.15) is 0 Å². The van der Waals surface area contributed by atoms with Crippen LogP contribution >= 0.6 is 44.3 Å². The summed E-state index contributed by atoms with van der Waals surface area (Å²) in [5.41, 5.74) is 4.93. The van der Waals surface area contributed by atoms with Crippen LogP contribution in [-0.2, 0) is 12.8 Å². The van der Waals surface area contributed by atoms with Crippen LogP contribution in [0.3, 0.4) is 0 Å². The number of benzene rings is 2. The van der Waals surface area contributed by atoms with Crippen LogP contribution in [0.5, 0.6) is 0 Å². The minimum absolute atomic E-state index is 1.07. The molecule has 0 aliphatic rings. The highest BCUT2D eigenvalue weighted by Crippen LogP contribution is 2.43. The van der Waals surface area contributed by atoms with Crippen LogP contribution in [0.15, 0.2) is 45.1 Å². The van der Waals surface area contributed by atoms with E-state index in [0.717, 1.165) is 32.6 Å². The molecule has 4 rings (SSSR count). The van der Waals surface area contributed by atoms with Crippen LogP contribution in [0, 0.1) is 0 Å². The second-order valence-corrected chi connectivity index (χ2v) is 10.1. The summed E-state index contributed by atoms with van der Waals surface area (Å²) in [6.07, 6.45) is 2.13. The fraction of sp³-hybridized carbons (Fsp3) is 0.222. The zero-order valence-electron chi connectivity index (χ0n) is 13.4. The van der Waals surface area contributed by atoms with Gasteiger partial charge in [0, 0.05) is 0 Å². The molecule has 0 radical (unpaired) electrons. The van der Waals surface area contributed by atoms with E-state index in [-0.39, 0.29) is 0 Å². The summed E-state index contributed by atoms with van der Waals surface area (Å²) in [6.45, 7) is 4.37. The number of aryl methyl sites for hydroxylation is 2. The normalized spacial score (nSPS) is 11.6. The van der Waals surface area contributed by atoms with E-state index in [1.807, 2.05) is 0 Å². The molecular formula is C18H16N2S4. The van der Waals surface area contributed by atoms with Crippen molar-refractivity contribution in [1.82, 2.24) is 9.97 Å². The SMILES string of the molecule is CCc1ccc2nc(SSc3nc4ccc(CC)cc4s3)sc2c1. The van der Waals surface area contributed by atoms with Crippen LogP contribution in [0.4, 0.5) is 0 Å². The number of hydrogen-bond acceptors (Lipinski definition) is 6. The van der Waals surface area contributed by atoms with Crippen molar-refractivity contribution in [3.8, 4) is 0 Å². The number of hydrogen-bond donors (Lipinski definition) is 0. The first-order valence-corrected chi connectivity index (χ1v) is 11.7. The Labute approximate surface area is 157 Å². The molecule has 0 aliphatic heterocycles. The van der Waals surface area contributed by atoms with E-state index in [0.29, 0.717) is 0 Å². The molecule has 6 heteroatoms. The minimum Gasteiger partial charge on any atom is -0.229 e.